The van der Waals surface area contributed by atoms with E-state index in [-0.39, 0.29) is 11.9 Å². The van der Waals surface area contributed by atoms with E-state index in [4.69, 9.17) is 21.1 Å². The second-order valence-corrected chi connectivity index (χ2v) is 4.96. The largest absolute Gasteiger partial charge is 0.463 e. The zero-order valence-electron chi connectivity index (χ0n) is 10.4. The van der Waals surface area contributed by atoms with Crippen molar-refractivity contribution in [3.63, 3.8) is 0 Å². The van der Waals surface area contributed by atoms with Crippen molar-refractivity contribution in [1.29, 1.82) is 0 Å². The molecule has 7 heteroatoms. The summed E-state index contributed by atoms with van der Waals surface area (Å²) in [6.45, 7) is 0.0890. The predicted octanol–water partition coefficient (Wildman–Crippen LogP) is 1.81. The molecule has 1 N–H and O–H groups in total. The van der Waals surface area contributed by atoms with Gasteiger partial charge in [-0.05, 0) is 18.8 Å². The monoisotopic (exact) mass is 283 g/mol. The summed E-state index contributed by atoms with van der Waals surface area (Å²) in [4.78, 5) is 4.25. The minimum absolute atomic E-state index is 0.0890. The molecular weight excluding hydrogens is 270 g/mol. The van der Waals surface area contributed by atoms with Gasteiger partial charge in [-0.3, -0.25) is 0 Å². The smallest absolute Gasteiger partial charge is 0.188 e. The van der Waals surface area contributed by atoms with E-state index in [2.05, 4.69) is 10.1 Å². The van der Waals surface area contributed by atoms with E-state index in [1.54, 1.807) is 16.9 Å². The summed E-state index contributed by atoms with van der Waals surface area (Å²) >= 11 is 6.05. The quantitative estimate of drug-likeness (QED) is 0.669. The van der Waals surface area contributed by atoms with Gasteiger partial charge >= 0.3 is 0 Å². The third-order valence-corrected chi connectivity index (χ3v) is 3.43. The lowest BCUT2D eigenvalue weighted by molar-refractivity contribution is 0.0505. The Morgan fingerprint density at radius 3 is 3.05 bits per heavy atom. The van der Waals surface area contributed by atoms with E-state index >= 15 is 0 Å². The number of nitrogens with zero attached hydrogens (tertiary/aromatic N) is 3. The first-order valence-corrected chi connectivity index (χ1v) is 6.42. The summed E-state index contributed by atoms with van der Waals surface area (Å²) in [6, 6.07) is 0. The van der Waals surface area contributed by atoms with E-state index in [9.17, 15) is 5.11 Å². The molecule has 0 aromatic carbocycles. The highest BCUT2D eigenvalue weighted by Crippen LogP contribution is 2.42. The fraction of sp³-hybridized carbons (Fsp3) is 0.500. The highest BCUT2D eigenvalue weighted by Gasteiger charge is 2.33. The minimum atomic E-state index is -0.521. The summed E-state index contributed by atoms with van der Waals surface area (Å²) < 4.78 is 11.7. The summed E-state index contributed by atoms with van der Waals surface area (Å²) in [5.74, 6) is 0.713. The van der Waals surface area contributed by atoms with Crippen LogP contribution in [-0.2, 0) is 4.74 Å². The Kier molecular flexibility index (Phi) is 3.30. The number of hydrogen-bond donors (Lipinski definition) is 1. The van der Waals surface area contributed by atoms with Crippen LogP contribution in [0.5, 0.6) is 5.75 Å². The second-order valence-electron chi connectivity index (χ2n) is 4.60. The summed E-state index contributed by atoms with van der Waals surface area (Å²) in [7, 11) is 1.53. The van der Waals surface area contributed by atoms with Crippen molar-refractivity contribution in [2.75, 3.05) is 13.9 Å². The van der Waals surface area contributed by atoms with Crippen LogP contribution in [-0.4, -0.2) is 33.6 Å². The fourth-order valence-electron chi connectivity index (χ4n) is 1.99. The molecule has 1 fully saturated rings. The number of aliphatic hydroxyl groups is 1. The van der Waals surface area contributed by atoms with Gasteiger partial charge in [-0.1, -0.05) is 11.6 Å². The van der Waals surface area contributed by atoms with Gasteiger partial charge in [0.2, 0.25) is 0 Å². The van der Waals surface area contributed by atoms with Crippen molar-refractivity contribution >= 4 is 17.2 Å². The van der Waals surface area contributed by atoms with Crippen molar-refractivity contribution in [2.45, 2.75) is 18.9 Å². The van der Waals surface area contributed by atoms with E-state index in [0.717, 1.165) is 12.8 Å². The van der Waals surface area contributed by atoms with Crippen LogP contribution in [0.1, 0.15) is 24.5 Å². The lowest BCUT2D eigenvalue weighted by atomic mass is 10.1. The molecule has 0 radical (unpaired) electrons. The summed E-state index contributed by atoms with van der Waals surface area (Å²) in [5.41, 5.74) is 1.27. The first-order chi connectivity index (χ1) is 9.20. The summed E-state index contributed by atoms with van der Waals surface area (Å²) in [6.07, 6.45) is 4.82. The Hall–Kier alpha value is -1.37. The third-order valence-electron chi connectivity index (χ3n) is 3.16. The van der Waals surface area contributed by atoms with Crippen LogP contribution in [0.2, 0.25) is 5.15 Å². The lowest BCUT2D eigenvalue weighted by Gasteiger charge is -2.09. The van der Waals surface area contributed by atoms with Crippen LogP contribution in [0.15, 0.2) is 12.4 Å². The SMILES string of the molecule is COCOc1cn2ncc(C(O)C3CC3)c2nc1Cl. The van der Waals surface area contributed by atoms with Crippen LogP contribution < -0.4 is 4.74 Å². The van der Waals surface area contributed by atoms with Gasteiger partial charge in [-0.15, -0.1) is 0 Å². The van der Waals surface area contributed by atoms with E-state index in [0.29, 0.717) is 22.9 Å². The molecule has 1 saturated carbocycles. The second kappa shape index (κ2) is 4.96. The molecule has 2 aromatic rings. The lowest BCUT2D eigenvalue weighted by Crippen LogP contribution is -2.04. The Morgan fingerprint density at radius 2 is 2.37 bits per heavy atom. The van der Waals surface area contributed by atoms with E-state index in [1.165, 1.54) is 7.11 Å². The van der Waals surface area contributed by atoms with Crippen LogP contribution in [0, 0.1) is 5.92 Å². The molecular formula is C12H14ClN3O3. The normalized spacial score (nSPS) is 16.8. The fourth-order valence-corrected chi connectivity index (χ4v) is 2.17. The number of halogens is 1. The average molecular weight is 284 g/mol. The number of rotatable bonds is 5. The first-order valence-electron chi connectivity index (χ1n) is 6.04. The molecule has 0 amide bonds. The van der Waals surface area contributed by atoms with Gasteiger partial charge in [0.25, 0.3) is 0 Å². The standard InChI is InChI=1S/C12H14ClN3O3/c1-18-6-19-9-5-16-12(15-11(9)13)8(4-14-16)10(17)7-2-3-7/h4-5,7,10,17H,2-3,6H2,1H3. The highest BCUT2D eigenvalue weighted by molar-refractivity contribution is 6.30. The molecule has 0 spiro atoms. The van der Waals surface area contributed by atoms with Crippen molar-refractivity contribution in [1.82, 2.24) is 14.6 Å². The average Bonchev–Trinajstić information content (AvgIpc) is 3.17. The van der Waals surface area contributed by atoms with Gasteiger partial charge in [0.1, 0.15) is 0 Å². The molecule has 1 atom stereocenters. The number of ether oxygens (including phenoxy) is 2. The first kappa shape index (κ1) is 12.7. The number of aliphatic hydroxyl groups excluding tert-OH is 1. The molecule has 2 aromatic heterocycles. The molecule has 6 nitrogen and oxygen atoms in total. The number of methoxy groups -OCH3 is 1. The Bertz CT molecular complexity index is 597. The van der Waals surface area contributed by atoms with Crippen molar-refractivity contribution in [3.8, 4) is 5.75 Å². The third kappa shape index (κ3) is 2.39. The molecule has 3 rings (SSSR count). The van der Waals surface area contributed by atoms with E-state index < -0.39 is 6.10 Å². The molecule has 0 saturated heterocycles. The zero-order chi connectivity index (χ0) is 13.4. The molecule has 19 heavy (non-hydrogen) atoms. The summed E-state index contributed by atoms with van der Waals surface area (Å²) in [5, 5.41) is 14.6. The maximum Gasteiger partial charge on any atom is 0.188 e. The Labute approximate surface area is 114 Å². The molecule has 1 aliphatic rings. The Morgan fingerprint density at radius 1 is 1.58 bits per heavy atom. The molecule has 102 valence electrons. The van der Waals surface area contributed by atoms with E-state index in [1.807, 2.05) is 0 Å². The number of fused-ring (bicyclic) bond motifs is 1. The van der Waals surface area contributed by atoms with Crippen LogP contribution in [0.4, 0.5) is 0 Å². The zero-order valence-corrected chi connectivity index (χ0v) is 11.2. The Balaban J connectivity index is 1.97. The molecule has 0 bridgehead atoms. The van der Waals surface area contributed by atoms with Crippen LogP contribution >= 0.6 is 11.6 Å². The van der Waals surface area contributed by atoms with Gasteiger partial charge in [0.15, 0.2) is 23.3 Å². The number of hydrogen-bond acceptors (Lipinski definition) is 5. The maximum atomic E-state index is 10.2. The van der Waals surface area contributed by atoms with Gasteiger partial charge in [-0.25, -0.2) is 9.50 Å². The topological polar surface area (TPSA) is 68.9 Å². The minimum Gasteiger partial charge on any atom is -0.463 e. The highest BCUT2D eigenvalue weighted by atomic mass is 35.5. The van der Waals surface area contributed by atoms with Gasteiger partial charge in [-0.2, -0.15) is 5.10 Å². The van der Waals surface area contributed by atoms with Gasteiger partial charge < -0.3 is 14.6 Å². The predicted molar refractivity (Wildman–Crippen MR) is 68.2 cm³/mol. The molecule has 1 aliphatic carbocycles. The van der Waals surface area contributed by atoms with Crippen molar-refractivity contribution < 1.29 is 14.6 Å². The van der Waals surface area contributed by atoms with Gasteiger partial charge in [0.05, 0.1) is 18.5 Å². The molecule has 2 heterocycles. The van der Waals surface area contributed by atoms with Gasteiger partial charge in [0, 0.05) is 12.7 Å². The van der Waals surface area contributed by atoms with Crippen molar-refractivity contribution in [3.05, 3.63) is 23.1 Å². The molecule has 0 aliphatic heterocycles. The maximum absolute atomic E-state index is 10.2. The molecule has 1 unspecified atom stereocenters. The number of aromatic nitrogens is 3. The van der Waals surface area contributed by atoms with Crippen LogP contribution in [0.3, 0.4) is 0 Å². The van der Waals surface area contributed by atoms with Crippen LogP contribution in [0.25, 0.3) is 5.65 Å². The van der Waals surface area contributed by atoms with Crippen molar-refractivity contribution in [2.24, 2.45) is 5.92 Å².